The number of nitrogens with zero attached hydrogens (tertiary/aromatic N) is 1. The van der Waals surface area contributed by atoms with E-state index in [1.807, 2.05) is 37.3 Å². The van der Waals surface area contributed by atoms with Crippen molar-refractivity contribution in [3.63, 3.8) is 0 Å². The molecule has 3 aromatic rings. The molecular weight excluding hydrogens is 326 g/mol. The predicted molar refractivity (Wildman–Crippen MR) is 110 cm³/mol. The summed E-state index contributed by atoms with van der Waals surface area (Å²) in [6.45, 7) is 8.47. The summed E-state index contributed by atoms with van der Waals surface area (Å²) in [7, 11) is 0. The lowest BCUT2D eigenvalue weighted by molar-refractivity contribution is 0.733. The molecule has 0 aliphatic rings. The summed E-state index contributed by atoms with van der Waals surface area (Å²) in [4.78, 5) is 3.94. The zero-order chi connectivity index (χ0) is 18.5. The van der Waals surface area contributed by atoms with Gasteiger partial charge in [0.2, 0.25) is 0 Å². The molecule has 132 valence electrons. The van der Waals surface area contributed by atoms with Gasteiger partial charge in [0.15, 0.2) is 0 Å². The van der Waals surface area contributed by atoms with Crippen LogP contribution in [-0.4, -0.2) is 4.98 Å². The summed E-state index contributed by atoms with van der Waals surface area (Å²) >= 11 is 5.53. The molecule has 0 fully saturated rings. The van der Waals surface area contributed by atoms with Crippen molar-refractivity contribution in [1.82, 2.24) is 4.98 Å². The van der Waals surface area contributed by atoms with E-state index in [2.05, 4.69) is 68.2 Å². The lowest BCUT2D eigenvalue weighted by Crippen LogP contribution is -1.88. The maximum Gasteiger partial charge on any atom is 0.129 e. The van der Waals surface area contributed by atoms with Crippen LogP contribution in [0, 0.1) is 13.8 Å². The van der Waals surface area contributed by atoms with E-state index in [-0.39, 0.29) is 0 Å². The van der Waals surface area contributed by atoms with Gasteiger partial charge in [0.25, 0.3) is 0 Å². The molecule has 2 heteroatoms. The fourth-order valence-corrected chi connectivity index (χ4v) is 2.27. The molecule has 0 aliphatic heterocycles. The van der Waals surface area contributed by atoms with E-state index in [0.29, 0.717) is 11.1 Å². The normalized spacial score (nSPS) is 10.6. The van der Waals surface area contributed by atoms with Gasteiger partial charge in [-0.2, -0.15) is 0 Å². The van der Waals surface area contributed by atoms with Crippen LogP contribution in [0.25, 0.3) is 0 Å². The second-order valence-corrected chi connectivity index (χ2v) is 6.36. The third-order valence-corrected chi connectivity index (χ3v) is 3.99. The van der Waals surface area contributed by atoms with Gasteiger partial charge in [-0.25, -0.2) is 4.98 Å². The van der Waals surface area contributed by atoms with Crippen molar-refractivity contribution in [1.29, 1.82) is 0 Å². The van der Waals surface area contributed by atoms with Crippen LogP contribution < -0.4 is 0 Å². The van der Waals surface area contributed by atoms with E-state index in [1.165, 1.54) is 17.5 Å². The topological polar surface area (TPSA) is 12.9 Å². The highest BCUT2D eigenvalue weighted by Crippen LogP contribution is 2.16. The number of hydrogen-bond acceptors (Lipinski definition) is 1. The summed E-state index contributed by atoms with van der Waals surface area (Å²) in [5.74, 6) is 0.709. The Bertz CT molecular complexity index is 678. The van der Waals surface area contributed by atoms with Crippen LogP contribution in [0.3, 0.4) is 0 Å². The Morgan fingerprint density at radius 1 is 0.800 bits per heavy atom. The van der Waals surface area contributed by atoms with Crippen LogP contribution in [0.1, 0.15) is 43.0 Å². The van der Waals surface area contributed by atoms with Crippen molar-refractivity contribution in [3.8, 4) is 0 Å². The Morgan fingerprint density at radius 2 is 1.36 bits per heavy atom. The van der Waals surface area contributed by atoms with Crippen LogP contribution >= 0.6 is 11.6 Å². The van der Waals surface area contributed by atoms with Gasteiger partial charge in [-0.05, 0) is 43.9 Å². The number of aromatic nitrogens is 1. The molecule has 1 unspecified atom stereocenters. The smallest absolute Gasteiger partial charge is 0.129 e. The first-order chi connectivity index (χ1) is 12.0. The van der Waals surface area contributed by atoms with Crippen molar-refractivity contribution in [2.75, 3.05) is 0 Å². The number of benzene rings is 2. The maximum absolute atomic E-state index is 5.53. The highest BCUT2D eigenvalue weighted by molar-refractivity contribution is 6.29. The predicted octanol–water partition coefficient (Wildman–Crippen LogP) is 7.24. The second-order valence-electron chi connectivity index (χ2n) is 5.98. The average Bonchev–Trinajstić information content (AvgIpc) is 2.63. The Hall–Kier alpha value is -2.12. The van der Waals surface area contributed by atoms with Gasteiger partial charge >= 0.3 is 0 Å². The van der Waals surface area contributed by atoms with Crippen LogP contribution in [0.15, 0.2) is 78.9 Å². The molecule has 0 aliphatic carbocycles. The fraction of sp³-hybridized carbons (Fsp3) is 0.261. The number of rotatable bonds is 2. The standard InChI is InChI=1S/C10H14.C7H8.C6H6ClN/c1-3-9(2)10-7-5-4-6-8-10;1-7-5-3-2-4-6-7;1-5-3-2-4-6(7)8-5/h4-9H,3H2,1-2H3;2-6H,1H3;2-4H,1H3. The van der Waals surface area contributed by atoms with Gasteiger partial charge in [-0.15, -0.1) is 0 Å². The van der Waals surface area contributed by atoms with E-state index < -0.39 is 0 Å². The van der Waals surface area contributed by atoms with Gasteiger partial charge < -0.3 is 0 Å². The summed E-state index contributed by atoms with van der Waals surface area (Å²) in [5.41, 5.74) is 3.73. The van der Waals surface area contributed by atoms with Gasteiger partial charge in [-0.3, -0.25) is 0 Å². The van der Waals surface area contributed by atoms with E-state index >= 15 is 0 Å². The van der Waals surface area contributed by atoms with Crippen molar-refractivity contribution in [2.24, 2.45) is 0 Å². The fourth-order valence-electron chi connectivity index (χ4n) is 2.06. The third kappa shape index (κ3) is 9.69. The largest absolute Gasteiger partial charge is 0.241 e. The van der Waals surface area contributed by atoms with E-state index in [4.69, 9.17) is 11.6 Å². The lowest BCUT2D eigenvalue weighted by atomic mass is 9.99. The van der Waals surface area contributed by atoms with Crippen LogP contribution in [0.4, 0.5) is 0 Å². The SMILES string of the molecule is CCC(C)c1ccccc1.Cc1cccc(Cl)n1.Cc1ccccc1. The van der Waals surface area contributed by atoms with Crippen LogP contribution in [-0.2, 0) is 0 Å². The first-order valence-electron chi connectivity index (χ1n) is 8.68. The highest BCUT2D eigenvalue weighted by atomic mass is 35.5. The van der Waals surface area contributed by atoms with Gasteiger partial charge in [0.1, 0.15) is 5.15 Å². The number of pyridine rings is 1. The Labute approximate surface area is 157 Å². The average molecular weight is 354 g/mol. The molecule has 1 nitrogen and oxygen atoms in total. The molecule has 0 N–H and O–H groups in total. The quantitative estimate of drug-likeness (QED) is 0.442. The summed E-state index contributed by atoms with van der Waals surface area (Å²) in [6.07, 6.45) is 1.23. The first kappa shape index (κ1) is 20.9. The third-order valence-electron chi connectivity index (χ3n) is 3.78. The minimum atomic E-state index is 0.560. The Kier molecular flexibility index (Phi) is 10.3. The zero-order valence-corrected chi connectivity index (χ0v) is 16.4. The molecule has 3 rings (SSSR count). The Morgan fingerprint density at radius 3 is 1.72 bits per heavy atom. The molecule has 0 amide bonds. The molecule has 25 heavy (non-hydrogen) atoms. The number of aryl methyl sites for hydroxylation is 2. The van der Waals surface area contributed by atoms with E-state index in [0.717, 1.165) is 5.69 Å². The van der Waals surface area contributed by atoms with Crippen molar-refractivity contribution in [2.45, 2.75) is 40.0 Å². The van der Waals surface area contributed by atoms with Gasteiger partial charge in [-0.1, -0.05) is 97.7 Å². The number of hydrogen-bond donors (Lipinski definition) is 0. The van der Waals surface area contributed by atoms with E-state index in [1.54, 1.807) is 6.07 Å². The van der Waals surface area contributed by atoms with Crippen molar-refractivity contribution < 1.29 is 0 Å². The lowest BCUT2D eigenvalue weighted by Gasteiger charge is -2.06. The molecule has 1 atom stereocenters. The monoisotopic (exact) mass is 353 g/mol. The molecule has 0 radical (unpaired) electrons. The number of halogens is 1. The van der Waals surface area contributed by atoms with E-state index in [9.17, 15) is 0 Å². The Balaban J connectivity index is 0.000000191. The molecule has 0 saturated heterocycles. The molecule has 0 saturated carbocycles. The van der Waals surface area contributed by atoms with Crippen molar-refractivity contribution >= 4 is 11.6 Å². The molecule has 0 bridgehead atoms. The summed E-state index contributed by atoms with van der Waals surface area (Å²) in [5, 5.41) is 0.560. The molecule has 1 heterocycles. The zero-order valence-electron chi connectivity index (χ0n) is 15.6. The second kappa shape index (κ2) is 12.3. The maximum atomic E-state index is 5.53. The molecular formula is C23H28ClN. The summed E-state index contributed by atoms with van der Waals surface area (Å²) < 4.78 is 0. The summed E-state index contributed by atoms with van der Waals surface area (Å²) in [6, 6.07) is 26.4. The van der Waals surface area contributed by atoms with Gasteiger partial charge in [0.05, 0.1) is 0 Å². The minimum Gasteiger partial charge on any atom is -0.241 e. The molecule has 1 aromatic heterocycles. The van der Waals surface area contributed by atoms with Crippen molar-refractivity contribution in [3.05, 3.63) is 101 Å². The molecule has 2 aromatic carbocycles. The molecule has 0 spiro atoms. The van der Waals surface area contributed by atoms with Gasteiger partial charge in [0, 0.05) is 5.69 Å². The highest BCUT2D eigenvalue weighted by Gasteiger charge is 1.98. The van der Waals surface area contributed by atoms with Crippen LogP contribution in [0.2, 0.25) is 5.15 Å². The first-order valence-corrected chi connectivity index (χ1v) is 9.06. The van der Waals surface area contributed by atoms with Crippen LogP contribution in [0.5, 0.6) is 0 Å². The minimum absolute atomic E-state index is 0.560.